The number of H-pyrrole nitrogens is 1. The third-order valence-corrected chi connectivity index (χ3v) is 6.11. The third-order valence-electron chi connectivity index (χ3n) is 5.68. The van der Waals surface area contributed by atoms with Gasteiger partial charge in [-0.1, -0.05) is 17.7 Å². The number of halogens is 1. The summed E-state index contributed by atoms with van der Waals surface area (Å²) < 4.78 is 0. The van der Waals surface area contributed by atoms with Gasteiger partial charge in [0, 0.05) is 39.8 Å². The molecule has 0 radical (unpaired) electrons. The Morgan fingerprint density at radius 3 is 2.52 bits per heavy atom. The zero-order valence-electron chi connectivity index (χ0n) is 17.8. The highest BCUT2D eigenvalue weighted by Crippen LogP contribution is 2.26. The molecule has 0 unspecified atom stereocenters. The maximum absolute atomic E-state index is 11.9. The van der Waals surface area contributed by atoms with Crippen LogP contribution in [0.3, 0.4) is 0 Å². The molecule has 9 heteroatoms. The van der Waals surface area contributed by atoms with Crippen molar-refractivity contribution in [3.63, 3.8) is 0 Å². The molecule has 3 heterocycles. The predicted octanol–water partition coefficient (Wildman–Crippen LogP) is 2.27. The fourth-order valence-electron chi connectivity index (χ4n) is 3.91. The van der Waals surface area contributed by atoms with Crippen LogP contribution in [0, 0.1) is 13.8 Å². The molecule has 0 spiro atoms. The second kappa shape index (κ2) is 8.64. The van der Waals surface area contributed by atoms with Gasteiger partial charge in [0.25, 0.3) is 11.5 Å². The SMILES string of the molecule is CNC(=O)c1ccc(N2CCN(Cc3ccc4nc(C)c(=O)[nH]c4c3Cl)CC2)c(C)n1. The van der Waals surface area contributed by atoms with E-state index in [9.17, 15) is 9.59 Å². The fourth-order valence-corrected chi connectivity index (χ4v) is 4.18. The molecule has 0 aliphatic carbocycles. The molecular weight excluding hydrogens is 416 g/mol. The number of fused-ring (bicyclic) bond motifs is 1. The number of carbonyl (C=O) groups is 1. The second-order valence-corrected chi connectivity index (χ2v) is 8.11. The number of aromatic amines is 1. The monoisotopic (exact) mass is 440 g/mol. The first-order chi connectivity index (χ1) is 14.9. The first-order valence-corrected chi connectivity index (χ1v) is 10.6. The molecular formula is C22H25ClN6O2. The summed E-state index contributed by atoms with van der Waals surface area (Å²) in [6.45, 7) is 7.75. The first kappa shape index (κ1) is 21.3. The molecule has 0 bridgehead atoms. The van der Waals surface area contributed by atoms with Crippen molar-refractivity contribution in [2.24, 2.45) is 0 Å². The van der Waals surface area contributed by atoms with Gasteiger partial charge >= 0.3 is 0 Å². The molecule has 3 aromatic rings. The van der Waals surface area contributed by atoms with Crippen molar-refractivity contribution < 1.29 is 4.79 Å². The summed E-state index contributed by atoms with van der Waals surface area (Å²) in [5.74, 6) is -0.182. The van der Waals surface area contributed by atoms with Crippen LogP contribution in [0.15, 0.2) is 29.1 Å². The Morgan fingerprint density at radius 2 is 1.84 bits per heavy atom. The summed E-state index contributed by atoms with van der Waals surface area (Å²) in [4.78, 5) is 40.0. The maximum Gasteiger partial charge on any atom is 0.269 e. The maximum atomic E-state index is 11.9. The molecule has 31 heavy (non-hydrogen) atoms. The summed E-state index contributed by atoms with van der Waals surface area (Å²) in [6.07, 6.45) is 0. The normalized spacial score (nSPS) is 14.8. The van der Waals surface area contributed by atoms with E-state index in [2.05, 4.69) is 30.1 Å². The molecule has 1 amide bonds. The number of aryl methyl sites for hydroxylation is 2. The van der Waals surface area contributed by atoms with Crippen LogP contribution in [-0.4, -0.2) is 59.0 Å². The van der Waals surface area contributed by atoms with Crippen molar-refractivity contribution in [3.8, 4) is 0 Å². The van der Waals surface area contributed by atoms with E-state index < -0.39 is 0 Å². The van der Waals surface area contributed by atoms with Gasteiger partial charge in [-0.25, -0.2) is 9.97 Å². The molecule has 0 saturated carbocycles. The lowest BCUT2D eigenvalue weighted by Crippen LogP contribution is -2.46. The smallest absolute Gasteiger partial charge is 0.269 e. The summed E-state index contributed by atoms with van der Waals surface area (Å²) in [5, 5.41) is 3.15. The number of nitrogens with zero attached hydrogens (tertiary/aromatic N) is 4. The zero-order chi connectivity index (χ0) is 22.1. The Bertz CT molecular complexity index is 1200. The van der Waals surface area contributed by atoms with Crippen LogP contribution < -0.4 is 15.8 Å². The van der Waals surface area contributed by atoms with Gasteiger partial charge in [0.1, 0.15) is 11.4 Å². The van der Waals surface area contributed by atoms with Gasteiger partial charge in [-0.3, -0.25) is 14.5 Å². The first-order valence-electron chi connectivity index (χ1n) is 10.2. The van der Waals surface area contributed by atoms with Gasteiger partial charge in [0.15, 0.2) is 0 Å². The third kappa shape index (κ3) is 4.26. The van der Waals surface area contributed by atoms with Crippen LogP contribution in [-0.2, 0) is 6.54 Å². The topological polar surface area (TPSA) is 94.2 Å². The largest absolute Gasteiger partial charge is 0.368 e. The Balaban J connectivity index is 1.45. The van der Waals surface area contributed by atoms with E-state index in [4.69, 9.17) is 11.6 Å². The molecule has 1 aliphatic rings. The van der Waals surface area contributed by atoms with Crippen LogP contribution in [0.2, 0.25) is 5.02 Å². The van der Waals surface area contributed by atoms with Crippen LogP contribution in [0.25, 0.3) is 11.0 Å². The van der Waals surface area contributed by atoms with Gasteiger partial charge in [0.2, 0.25) is 0 Å². The lowest BCUT2D eigenvalue weighted by Gasteiger charge is -2.36. The van der Waals surface area contributed by atoms with Crippen molar-refractivity contribution in [1.82, 2.24) is 25.2 Å². The van der Waals surface area contributed by atoms with Crippen molar-refractivity contribution >= 4 is 34.2 Å². The minimum Gasteiger partial charge on any atom is -0.368 e. The Hall–Kier alpha value is -2.97. The number of benzene rings is 1. The second-order valence-electron chi connectivity index (χ2n) is 7.73. The van der Waals surface area contributed by atoms with Gasteiger partial charge in [-0.05, 0) is 37.6 Å². The summed E-state index contributed by atoms with van der Waals surface area (Å²) >= 11 is 6.59. The van der Waals surface area contributed by atoms with Gasteiger partial charge in [0.05, 0.1) is 27.4 Å². The van der Waals surface area contributed by atoms with E-state index in [0.29, 0.717) is 34.0 Å². The summed E-state index contributed by atoms with van der Waals surface area (Å²) in [6, 6.07) is 7.61. The number of anilines is 1. The Morgan fingerprint density at radius 1 is 1.10 bits per heavy atom. The number of hydrogen-bond donors (Lipinski definition) is 2. The van der Waals surface area contributed by atoms with E-state index in [1.807, 2.05) is 25.1 Å². The number of rotatable bonds is 4. The Kier molecular flexibility index (Phi) is 5.93. The highest BCUT2D eigenvalue weighted by molar-refractivity contribution is 6.35. The van der Waals surface area contributed by atoms with Crippen LogP contribution >= 0.6 is 11.6 Å². The van der Waals surface area contributed by atoms with Crippen molar-refractivity contribution in [1.29, 1.82) is 0 Å². The standard InChI is InChI=1S/C22H25ClN6O2/c1-13-18(7-6-17(25-13)22(31)24-3)29-10-8-28(9-11-29)12-15-4-5-16-20(19(15)23)27-21(30)14(2)26-16/h4-7H,8-12H2,1-3H3,(H,24,31)(H,27,30). The van der Waals surface area contributed by atoms with E-state index in [1.165, 1.54) is 0 Å². The van der Waals surface area contributed by atoms with Gasteiger partial charge in [-0.15, -0.1) is 0 Å². The van der Waals surface area contributed by atoms with Crippen LogP contribution in [0.1, 0.15) is 27.4 Å². The number of hydrogen-bond acceptors (Lipinski definition) is 6. The molecule has 8 nitrogen and oxygen atoms in total. The van der Waals surface area contributed by atoms with Gasteiger partial charge in [-0.2, -0.15) is 0 Å². The number of amides is 1. The number of carbonyl (C=O) groups excluding carboxylic acids is 1. The van der Waals surface area contributed by atoms with Crippen molar-refractivity contribution in [3.05, 3.63) is 62.3 Å². The average molecular weight is 441 g/mol. The molecule has 2 N–H and O–H groups in total. The molecule has 162 valence electrons. The molecule has 4 rings (SSSR count). The quantitative estimate of drug-likeness (QED) is 0.646. The number of nitrogens with one attached hydrogen (secondary N) is 2. The minimum atomic E-state index is -0.216. The van der Waals surface area contributed by atoms with E-state index in [-0.39, 0.29) is 11.5 Å². The van der Waals surface area contributed by atoms with Gasteiger partial charge < -0.3 is 15.2 Å². The molecule has 1 fully saturated rings. The average Bonchev–Trinajstić information content (AvgIpc) is 2.77. The highest BCUT2D eigenvalue weighted by Gasteiger charge is 2.21. The summed E-state index contributed by atoms with van der Waals surface area (Å²) in [5.41, 5.74) is 4.79. The summed E-state index contributed by atoms with van der Waals surface area (Å²) in [7, 11) is 1.60. The van der Waals surface area contributed by atoms with E-state index in [1.54, 1.807) is 20.0 Å². The Labute approximate surface area is 185 Å². The molecule has 1 aliphatic heterocycles. The van der Waals surface area contributed by atoms with E-state index in [0.717, 1.165) is 43.1 Å². The molecule has 1 aromatic carbocycles. The van der Waals surface area contributed by atoms with E-state index >= 15 is 0 Å². The minimum absolute atomic E-state index is 0.182. The lowest BCUT2D eigenvalue weighted by atomic mass is 10.1. The number of pyridine rings is 1. The van der Waals surface area contributed by atoms with Crippen molar-refractivity contribution in [2.75, 3.05) is 38.1 Å². The van der Waals surface area contributed by atoms with Crippen molar-refractivity contribution in [2.45, 2.75) is 20.4 Å². The highest BCUT2D eigenvalue weighted by atomic mass is 35.5. The molecule has 0 atom stereocenters. The zero-order valence-corrected chi connectivity index (χ0v) is 18.6. The van der Waals surface area contributed by atoms with Crippen LogP contribution in [0.4, 0.5) is 5.69 Å². The fraction of sp³-hybridized carbons (Fsp3) is 0.364. The number of piperazine rings is 1. The molecule has 1 saturated heterocycles. The number of aromatic nitrogens is 3. The lowest BCUT2D eigenvalue weighted by molar-refractivity contribution is 0.0958. The predicted molar refractivity (Wildman–Crippen MR) is 122 cm³/mol. The molecule has 2 aromatic heterocycles. The van der Waals surface area contributed by atoms with Crippen LogP contribution in [0.5, 0.6) is 0 Å².